The van der Waals surface area contributed by atoms with Gasteiger partial charge in [-0.3, -0.25) is 0 Å². The first-order valence-corrected chi connectivity index (χ1v) is 34.2. The van der Waals surface area contributed by atoms with Crippen LogP contribution in [-0.4, -0.2) is 138 Å². The molecule has 2 amide bonds. The highest BCUT2D eigenvalue weighted by atomic mass is 35.5. The van der Waals surface area contributed by atoms with Gasteiger partial charge in [0.2, 0.25) is 0 Å². The molecule has 6 saturated carbocycles. The van der Waals surface area contributed by atoms with Crippen LogP contribution in [0.1, 0.15) is 210 Å². The van der Waals surface area contributed by atoms with Crippen LogP contribution in [0.15, 0.2) is 54.6 Å². The second-order valence-electron chi connectivity index (χ2n) is 31.0. The molecule has 12 N–H and O–H groups in total. The molecule has 3 aromatic carbocycles. The van der Waals surface area contributed by atoms with Crippen molar-refractivity contribution in [2.45, 2.75) is 243 Å². The number of alkyl carbamates (subject to hydrolysis) is 2. The van der Waals surface area contributed by atoms with Gasteiger partial charge >= 0.3 is 30.1 Å². The lowest BCUT2D eigenvalue weighted by Gasteiger charge is -2.50. The number of rotatable bonds is 10. The molecule has 0 radical (unpaired) electrons. The van der Waals surface area contributed by atoms with E-state index in [0.717, 1.165) is 102 Å². The number of carboxylic acid groups (broad SMARTS) is 1. The third-order valence-corrected chi connectivity index (χ3v) is 23.2. The number of hydrogen-bond acceptors (Lipinski definition) is 17. The van der Waals surface area contributed by atoms with E-state index < -0.39 is 79.2 Å². The van der Waals surface area contributed by atoms with Crippen LogP contribution in [0, 0.1) is 51.8 Å². The van der Waals surface area contributed by atoms with E-state index in [2.05, 4.69) is 44.3 Å². The number of hydrogen-bond donors (Lipinski definition) is 11. The topological polar surface area (TPSA) is 334 Å². The molecule has 20 nitrogen and oxygen atoms in total. The smallest absolute Gasteiger partial charge is 0.408 e. The van der Waals surface area contributed by atoms with E-state index in [-0.39, 0.29) is 47.0 Å². The Balaban J connectivity index is 0.000000167. The van der Waals surface area contributed by atoms with Crippen molar-refractivity contribution in [3.8, 4) is 17.2 Å². The van der Waals surface area contributed by atoms with Crippen molar-refractivity contribution in [2.24, 2.45) is 57.5 Å². The Morgan fingerprint density at radius 3 is 1.21 bits per heavy atom. The van der Waals surface area contributed by atoms with Gasteiger partial charge < -0.3 is 76.2 Å². The molecular formula is C73H106ClN3O17. The first-order valence-electron chi connectivity index (χ1n) is 34.2. The van der Waals surface area contributed by atoms with Gasteiger partial charge in [-0.15, -0.1) is 12.4 Å². The molecule has 0 bridgehead atoms. The molecule has 9 aliphatic rings. The van der Waals surface area contributed by atoms with Crippen LogP contribution in [0.4, 0.5) is 9.59 Å². The summed E-state index contributed by atoms with van der Waals surface area (Å²) >= 11 is 0. The Kier molecular flexibility index (Phi) is 23.7. The molecule has 9 unspecified atom stereocenters. The lowest BCUT2D eigenvalue weighted by molar-refractivity contribution is -0.140. The number of amides is 2. The van der Waals surface area contributed by atoms with Gasteiger partial charge in [-0.25, -0.2) is 24.0 Å². The molecule has 94 heavy (non-hydrogen) atoms. The molecule has 0 aliphatic heterocycles. The molecule has 6 fully saturated rings. The maximum absolute atomic E-state index is 12.6. The van der Waals surface area contributed by atoms with Gasteiger partial charge in [-0.05, 0) is 296 Å². The quantitative estimate of drug-likeness (QED) is 0.0664. The maximum atomic E-state index is 12.6. The van der Waals surface area contributed by atoms with Gasteiger partial charge in [0.05, 0.1) is 38.1 Å². The van der Waals surface area contributed by atoms with Gasteiger partial charge in [0.15, 0.2) is 12.1 Å². The molecule has 522 valence electrons. The number of nitrogens with two attached hydrogens (primary N) is 1. The summed E-state index contributed by atoms with van der Waals surface area (Å²) in [6.45, 7) is 15.3. The number of carboxylic acids is 1. The standard InChI is InChI=1S/C26H37NO6.C21H29NO4.C18H24O2.C8H15NO5.ClH/c1-25(2,3)33-24(31)27-21(14-28)23(30)32-16-6-8-17-15(13-16)5-7-19-18(17)11-12-26(4)20(19)9-10-22(26)29;1-21-9-8-15-14-5-3-13(26-20(25)18(22)11-23)10-12(14)2-4-16(15)17(21)6-7-19(21)24;1-18-9-8-14-13-5-3-12(19)10-11(13)2-4-15(14)16(18)6-7-17(18)20;1-8(2,3)14-7(13)9-5(4-10)6(11)12;/h6,8,13,18-22,28-29H,5,7,9-12,14H2,1-4H3,(H,27,31);3,5,10,15-19,23-24H,2,4,6-9,11,22H2,1H3;3,5,10,14-17,19-20H,2,4,6-9H2,1H3;5,10H,4H2,1-3H3,(H,9,13)(H,11,12);1H/t18?,19?,20?,21-,22+,26+;15?,16?,17?,18-,19+,21+;14?,15?,16?,17-,18-;5-;/m1101./s1. The van der Waals surface area contributed by atoms with Crippen molar-refractivity contribution >= 4 is 42.5 Å². The first-order chi connectivity index (χ1) is 43.8. The van der Waals surface area contributed by atoms with Gasteiger partial charge in [-0.2, -0.15) is 0 Å². The van der Waals surface area contributed by atoms with Crippen LogP contribution in [0.25, 0.3) is 0 Å². The summed E-state index contributed by atoms with van der Waals surface area (Å²) in [6.07, 6.45) is 17.4. The lowest BCUT2D eigenvalue weighted by atomic mass is 9.55. The summed E-state index contributed by atoms with van der Waals surface area (Å²) in [6, 6.07) is 14.1. The van der Waals surface area contributed by atoms with Crippen LogP contribution >= 0.6 is 12.4 Å². The summed E-state index contributed by atoms with van der Waals surface area (Å²) in [4.78, 5) is 57.7. The van der Waals surface area contributed by atoms with Crippen molar-refractivity contribution < 1.29 is 83.8 Å². The fraction of sp³-hybridized carbons (Fsp3) is 0.685. The number of phenolic OH excluding ortho intramolecular Hbond substituents is 1. The lowest BCUT2D eigenvalue weighted by Crippen LogP contribution is -2.47. The third kappa shape index (κ3) is 16.2. The molecule has 12 rings (SSSR count). The molecule has 0 saturated heterocycles. The minimum Gasteiger partial charge on any atom is -0.508 e. The van der Waals surface area contributed by atoms with E-state index in [1.807, 2.05) is 35.6 Å². The monoisotopic (exact) mass is 1330 g/mol. The van der Waals surface area contributed by atoms with Gasteiger partial charge in [0.1, 0.15) is 34.5 Å². The molecule has 0 spiro atoms. The number of fused-ring (bicyclic) bond motifs is 15. The van der Waals surface area contributed by atoms with E-state index in [1.165, 1.54) is 52.6 Å². The van der Waals surface area contributed by atoms with Crippen LogP contribution < -0.4 is 25.8 Å². The Morgan fingerprint density at radius 1 is 0.511 bits per heavy atom. The summed E-state index contributed by atoms with van der Waals surface area (Å²) in [7, 11) is 0. The third-order valence-electron chi connectivity index (χ3n) is 23.2. The number of aryl methyl sites for hydroxylation is 3. The van der Waals surface area contributed by atoms with E-state index in [0.29, 0.717) is 64.6 Å². The number of carbonyl (C=O) groups excluding carboxylic acids is 4. The number of aliphatic hydroxyl groups is 6. The molecule has 9 aliphatic carbocycles. The van der Waals surface area contributed by atoms with Crippen molar-refractivity contribution in [1.29, 1.82) is 0 Å². The zero-order valence-corrected chi connectivity index (χ0v) is 57.3. The number of benzene rings is 3. The van der Waals surface area contributed by atoms with Gasteiger partial charge in [-0.1, -0.05) is 39.0 Å². The molecule has 21 heteroatoms. The van der Waals surface area contributed by atoms with Gasteiger partial charge in [0.25, 0.3) is 0 Å². The fourth-order valence-electron chi connectivity index (χ4n) is 18.4. The highest BCUT2D eigenvalue weighted by Gasteiger charge is 2.57. The Labute approximate surface area is 560 Å². The zero-order valence-electron chi connectivity index (χ0n) is 56.4. The molecular weight excluding hydrogens is 1230 g/mol. The average Bonchev–Trinajstić information content (AvgIpc) is 1.60. The predicted octanol–water partition coefficient (Wildman–Crippen LogP) is 9.81. The van der Waals surface area contributed by atoms with E-state index in [1.54, 1.807) is 47.6 Å². The predicted molar refractivity (Wildman–Crippen MR) is 355 cm³/mol. The Hall–Kier alpha value is -5.58. The summed E-state index contributed by atoms with van der Waals surface area (Å²) in [5, 5.41) is 81.1. The second-order valence-corrected chi connectivity index (χ2v) is 31.0. The van der Waals surface area contributed by atoms with E-state index >= 15 is 0 Å². The molecule has 0 heterocycles. The largest absolute Gasteiger partial charge is 0.508 e. The summed E-state index contributed by atoms with van der Waals surface area (Å²) in [5.41, 5.74) is 12.4. The van der Waals surface area contributed by atoms with Crippen LogP contribution in [0.3, 0.4) is 0 Å². The van der Waals surface area contributed by atoms with Crippen LogP contribution in [0.2, 0.25) is 0 Å². The minimum absolute atomic E-state index is 0. The van der Waals surface area contributed by atoms with Gasteiger partial charge in [0, 0.05) is 0 Å². The van der Waals surface area contributed by atoms with E-state index in [9.17, 15) is 49.5 Å². The van der Waals surface area contributed by atoms with Crippen LogP contribution in [0.5, 0.6) is 17.2 Å². The maximum Gasteiger partial charge on any atom is 0.408 e. The number of aliphatic carboxylic acids is 1. The molecule has 0 aromatic heterocycles. The number of phenols is 1. The normalized spacial score (nSPS) is 32.3. The zero-order chi connectivity index (χ0) is 67.7. The van der Waals surface area contributed by atoms with Crippen molar-refractivity contribution in [3.63, 3.8) is 0 Å². The number of esters is 2. The number of nitrogens with one attached hydrogen (secondary N) is 2. The number of aliphatic hydroxyl groups excluding tert-OH is 6. The van der Waals surface area contributed by atoms with Crippen molar-refractivity contribution in [2.75, 3.05) is 19.8 Å². The minimum atomic E-state index is -1.33. The highest BCUT2D eigenvalue weighted by Crippen LogP contribution is 2.64. The number of aromatic hydroxyl groups is 1. The Morgan fingerprint density at radius 2 is 0.862 bits per heavy atom. The average molecular weight is 1330 g/mol. The fourth-order valence-corrected chi connectivity index (χ4v) is 18.4. The summed E-state index contributed by atoms with van der Waals surface area (Å²) in [5.74, 6) is 4.24. The SMILES string of the molecule is CC(C)(C)OC(=O)N[C@H](CO)C(=O)O.CC(C)(C)OC(=O)N[C@H](CO)C(=O)Oc1ccc2c(c1)CCC1C2CC[C@@]2(C)C1CC[C@@H]2O.C[C@]12CCC3c4ccc(O)cc4CCC3C1CC[C@@H]2O.C[C@]12CCC3c4ccc(OC(=O)[C@H](N)CO)cc4CCC3C1CC[C@@H]2O.Cl. The highest BCUT2D eigenvalue weighted by molar-refractivity contribution is 5.85. The first kappa shape index (κ1) is 74.2. The van der Waals surface area contributed by atoms with Crippen molar-refractivity contribution in [3.05, 3.63) is 88.0 Å². The van der Waals surface area contributed by atoms with Crippen LogP contribution in [-0.2, 0) is 43.1 Å². The molecule has 18 atom stereocenters. The number of ether oxygens (including phenoxy) is 4. The number of halogens is 1. The van der Waals surface area contributed by atoms with E-state index in [4.69, 9.17) is 40.0 Å². The van der Waals surface area contributed by atoms with Crippen molar-refractivity contribution in [1.82, 2.24) is 10.6 Å². The summed E-state index contributed by atoms with van der Waals surface area (Å²) < 4.78 is 20.8. The second kappa shape index (κ2) is 30.0. The Bertz CT molecular complexity index is 3170. The molecule has 3 aromatic rings. The number of carbonyl (C=O) groups is 5.